The highest BCUT2D eigenvalue weighted by atomic mass is 15.3. The van der Waals surface area contributed by atoms with Gasteiger partial charge in [-0.2, -0.15) is 0 Å². The van der Waals surface area contributed by atoms with Gasteiger partial charge in [0.1, 0.15) is 0 Å². The van der Waals surface area contributed by atoms with Crippen LogP contribution in [0, 0.1) is 5.41 Å². The Morgan fingerprint density at radius 2 is 1.47 bits per heavy atom. The van der Waals surface area contributed by atoms with E-state index in [0.29, 0.717) is 0 Å². The predicted octanol–water partition coefficient (Wildman–Crippen LogP) is 3.62. The Labute approximate surface area is 96.0 Å². The van der Waals surface area contributed by atoms with E-state index in [1.165, 1.54) is 38.5 Å². The average molecular weight is 214 g/mol. The molecule has 0 fully saturated rings. The van der Waals surface area contributed by atoms with E-state index < -0.39 is 0 Å². The van der Waals surface area contributed by atoms with Gasteiger partial charge in [-0.1, -0.05) is 52.9 Å². The van der Waals surface area contributed by atoms with Gasteiger partial charge >= 0.3 is 0 Å². The summed E-state index contributed by atoms with van der Waals surface area (Å²) in [5.74, 6) is 5.59. The summed E-state index contributed by atoms with van der Waals surface area (Å²) in [4.78, 5) is 0. The Hall–Kier alpha value is -0.0800. The van der Waals surface area contributed by atoms with Crippen molar-refractivity contribution in [3.63, 3.8) is 0 Å². The van der Waals surface area contributed by atoms with Gasteiger partial charge in [0.15, 0.2) is 0 Å². The second kappa shape index (κ2) is 6.49. The van der Waals surface area contributed by atoms with Gasteiger partial charge in [-0.25, -0.2) is 0 Å². The fraction of sp³-hybridized carbons (Fsp3) is 1.00. The van der Waals surface area contributed by atoms with E-state index >= 15 is 0 Å². The van der Waals surface area contributed by atoms with Crippen molar-refractivity contribution in [3.8, 4) is 0 Å². The van der Waals surface area contributed by atoms with Gasteiger partial charge in [-0.15, -0.1) is 0 Å². The molecule has 0 atom stereocenters. The number of nitrogens with one attached hydrogen (secondary N) is 1. The summed E-state index contributed by atoms with van der Waals surface area (Å²) in [5, 5.41) is 0. The molecule has 92 valence electrons. The fourth-order valence-electron chi connectivity index (χ4n) is 1.68. The maximum atomic E-state index is 5.59. The zero-order valence-electron chi connectivity index (χ0n) is 11.3. The lowest BCUT2D eigenvalue weighted by atomic mass is 9.71. The Balaban J connectivity index is 3.84. The van der Waals surface area contributed by atoms with E-state index in [2.05, 4.69) is 40.0 Å². The number of hydrazine groups is 1. The van der Waals surface area contributed by atoms with Crippen LogP contribution in [0.1, 0.15) is 73.1 Å². The maximum Gasteiger partial charge on any atom is 0.0315 e. The summed E-state index contributed by atoms with van der Waals surface area (Å²) in [6.07, 6.45) is 7.99. The molecule has 0 heterocycles. The monoisotopic (exact) mass is 214 g/mol. The first-order valence-corrected chi connectivity index (χ1v) is 6.35. The van der Waals surface area contributed by atoms with Crippen molar-refractivity contribution in [2.75, 3.05) is 0 Å². The van der Waals surface area contributed by atoms with Gasteiger partial charge in [0, 0.05) is 5.54 Å². The van der Waals surface area contributed by atoms with Crippen LogP contribution in [0.25, 0.3) is 0 Å². The summed E-state index contributed by atoms with van der Waals surface area (Å²) in [6.45, 7) is 11.2. The van der Waals surface area contributed by atoms with E-state index in [1.807, 2.05) is 0 Å². The van der Waals surface area contributed by atoms with Crippen LogP contribution in [0.5, 0.6) is 0 Å². The second-order valence-electron chi connectivity index (χ2n) is 5.82. The number of nitrogens with two attached hydrogens (primary N) is 1. The molecule has 0 unspecified atom stereocenters. The molecule has 0 aliphatic heterocycles. The van der Waals surface area contributed by atoms with Gasteiger partial charge in [0.05, 0.1) is 0 Å². The molecular weight excluding hydrogens is 184 g/mol. The summed E-state index contributed by atoms with van der Waals surface area (Å²) in [6, 6.07) is 0. The first kappa shape index (κ1) is 14.9. The smallest absolute Gasteiger partial charge is 0.0315 e. The van der Waals surface area contributed by atoms with E-state index in [0.717, 1.165) is 0 Å². The third kappa shape index (κ3) is 4.98. The number of hydrogen-bond donors (Lipinski definition) is 2. The summed E-state index contributed by atoms with van der Waals surface area (Å²) >= 11 is 0. The summed E-state index contributed by atoms with van der Waals surface area (Å²) < 4.78 is 0. The van der Waals surface area contributed by atoms with Crippen molar-refractivity contribution < 1.29 is 0 Å². The van der Waals surface area contributed by atoms with Crippen LogP contribution in [-0.2, 0) is 0 Å². The van der Waals surface area contributed by atoms with Crippen LogP contribution in [0.15, 0.2) is 0 Å². The Bertz CT molecular complexity index is 162. The van der Waals surface area contributed by atoms with Gasteiger partial charge < -0.3 is 0 Å². The Morgan fingerprint density at radius 3 is 1.93 bits per heavy atom. The molecule has 0 aliphatic rings. The zero-order valence-corrected chi connectivity index (χ0v) is 11.3. The lowest BCUT2D eigenvalue weighted by molar-refractivity contribution is 0.138. The van der Waals surface area contributed by atoms with Crippen LogP contribution in [0.2, 0.25) is 0 Å². The van der Waals surface area contributed by atoms with E-state index in [-0.39, 0.29) is 11.0 Å². The Kier molecular flexibility index (Phi) is 6.46. The highest BCUT2D eigenvalue weighted by Gasteiger charge is 2.35. The third-order valence-electron chi connectivity index (χ3n) is 3.96. The van der Waals surface area contributed by atoms with Crippen molar-refractivity contribution in [2.45, 2.75) is 78.7 Å². The average Bonchev–Trinajstić information content (AvgIpc) is 2.17. The molecule has 0 aromatic rings. The van der Waals surface area contributed by atoms with Gasteiger partial charge in [-0.3, -0.25) is 11.3 Å². The third-order valence-corrected chi connectivity index (χ3v) is 3.96. The largest absolute Gasteiger partial charge is 0.271 e. The molecule has 0 amide bonds. The molecule has 0 aromatic heterocycles. The summed E-state index contributed by atoms with van der Waals surface area (Å²) in [5.41, 5.74) is 3.20. The Morgan fingerprint density at radius 1 is 0.933 bits per heavy atom. The van der Waals surface area contributed by atoms with Crippen LogP contribution >= 0.6 is 0 Å². The summed E-state index contributed by atoms with van der Waals surface area (Å²) in [7, 11) is 0. The second-order valence-corrected chi connectivity index (χ2v) is 5.82. The van der Waals surface area contributed by atoms with Crippen LogP contribution in [0.4, 0.5) is 0 Å². The van der Waals surface area contributed by atoms with Crippen LogP contribution in [-0.4, -0.2) is 5.54 Å². The van der Waals surface area contributed by atoms with E-state index in [4.69, 9.17) is 5.84 Å². The van der Waals surface area contributed by atoms with Crippen molar-refractivity contribution in [1.29, 1.82) is 0 Å². The van der Waals surface area contributed by atoms with E-state index in [1.54, 1.807) is 0 Å². The van der Waals surface area contributed by atoms with Crippen molar-refractivity contribution in [3.05, 3.63) is 0 Å². The SMILES string of the molecule is CCCCCCCC(C)(C)C(C)(C)NN. The number of hydrogen-bond acceptors (Lipinski definition) is 2. The lowest BCUT2D eigenvalue weighted by Crippen LogP contribution is -2.54. The molecule has 2 nitrogen and oxygen atoms in total. The molecule has 0 aromatic carbocycles. The fourth-order valence-corrected chi connectivity index (χ4v) is 1.68. The molecule has 0 radical (unpaired) electrons. The minimum absolute atomic E-state index is 0.0117. The van der Waals surface area contributed by atoms with Gasteiger partial charge in [-0.05, 0) is 25.7 Å². The van der Waals surface area contributed by atoms with Crippen molar-refractivity contribution in [2.24, 2.45) is 11.3 Å². The molecule has 0 saturated heterocycles. The molecule has 0 aliphatic carbocycles. The normalized spacial score (nSPS) is 13.2. The molecule has 3 N–H and O–H groups in total. The predicted molar refractivity (Wildman–Crippen MR) is 68.6 cm³/mol. The minimum Gasteiger partial charge on any atom is -0.271 e. The topological polar surface area (TPSA) is 38.0 Å². The standard InChI is InChI=1S/C13H30N2/c1-6-7-8-9-10-11-12(2,3)13(4,5)15-14/h15H,6-11,14H2,1-5H3. The quantitative estimate of drug-likeness (QED) is 0.368. The zero-order chi connectivity index (χ0) is 11.9. The van der Waals surface area contributed by atoms with Crippen LogP contribution < -0.4 is 11.3 Å². The highest BCUT2D eigenvalue weighted by Crippen LogP contribution is 2.35. The van der Waals surface area contributed by atoms with Gasteiger partial charge in [0.2, 0.25) is 0 Å². The minimum atomic E-state index is 0.0117. The van der Waals surface area contributed by atoms with Crippen molar-refractivity contribution in [1.82, 2.24) is 5.43 Å². The molecule has 2 heteroatoms. The van der Waals surface area contributed by atoms with Gasteiger partial charge in [0.25, 0.3) is 0 Å². The molecule has 0 spiro atoms. The molecule has 0 saturated carbocycles. The highest BCUT2D eigenvalue weighted by molar-refractivity contribution is 4.91. The lowest BCUT2D eigenvalue weighted by Gasteiger charge is -2.41. The molecule has 15 heavy (non-hydrogen) atoms. The molecule has 0 rings (SSSR count). The van der Waals surface area contributed by atoms with Crippen molar-refractivity contribution >= 4 is 0 Å². The van der Waals surface area contributed by atoms with Crippen LogP contribution in [0.3, 0.4) is 0 Å². The maximum absolute atomic E-state index is 5.59. The number of rotatable bonds is 8. The first-order chi connectivity index (χ1) is 6.87. The van der Waals surface area contributed by atoms with E-state index in [9.17, 15) is 0 Å². The molecule has 0 bridgehead atoms. The first-order valence-electron chi connectivity index (χ1n) is 6.35. The molecular formula is C13H30N2. The number of unbranched alkanes of at least 4 members (excludes halogenated alkanes) is 4.